The van der Waals surface area contributed by atoms with Gasteiger partial charge >= 0.3 is 0 Å². The minimum absolute atomic E-state index is 0.0207. The molecule has 1 aliphatic heterocycles. The molecule has 1 aliphatic rings. The maximum atomic E-state index is 5.96. The van der Waals surface area contributed by atoms with Crippen LogP contribution in [0, 0.1) is 0 Å². The maximum absolute atomic E-state index is 5.96. The number of nitrogens with one attached hydrogen (secondary N) is 1. The van der Waals surface area contributed by atoms with Crippen LogP contribution in [0.15, 0.2) is 24.3 Å². The highest BCUT2D eigenvalue weighted by atomic mass is 32.1. The molecule has 2 rings (SSSR count). The van der Waals surface area contributed by atoms with Crippen molar-refractivity contribution in [2.45, 2.75) is 19.4 Å². The van der Waals surface area contributed by atoms with E-state index in [1.165, 1.54) is 0 Å². The third-order valence-corrected chi connectivity index (χ3v) is 3.68. The van der Waals surface area contributed by atoms with E-state index in [2.05, 4.69) is 29.3 Å². The van der Waals surface area contributed by atoms with Crippen molar-refractivity contribution < 1.29 is 4.74 Å². The summed E-state index contributed by atoms with van der Waals surface area (Å²) in [6.45, 7) is 6.75. The summed E-state index contributed by atoms with van der Waals surface area (Å²) < 4.78 is 5.61. The van der Waals surface area contributed by atoms with Crippen LogP contribution < -0.4 is 15.8 Å². The molecule has 1 saturated heterocycles. The van der Waals surface area contributed by atoms with Gasteiger partial charge in [-0.3, -0.25) is 4.90 Å². The SMILES string of the molecule is CCCOc1ccc(C(C(N)=S)N2CCNCC2)cc1. The van der Waals surface area contributed by atoms with Gasteiger partial charge in [0.2, 0.25) is 0 Å². The molecule has 4 nitrogen and oxygen atoms in total. The molecule has 0 radical (unpaired) electrons. The van der Waals surface area contributed by atoms with Crippen LogP contribution in [0.2, 0.25) is 0 Å². The third kappa shape index (κ3) is 3.91. The molecule has 1 fully saturated rings. The number of nitrogens with two attached hydrogens (primary N) is 1. The van der Waals surface area contributed by atoms with E-state index in [9.17, 15) is 0 Å². The van der Waals surface area contributed by atoms with E-state index >= 15 is 0 Å². The van der Waals surface area contributed by atoms with E-state index in [-0.39, 0.29) is 6.04 Å². The topological polar surface area (TPSA) is 50.5 Å². The van der Waals surface area contributed by atoms with Gasteiger partial charge < -0.3 is 15.8 Å². The first kappa shape index (κ1) is 15.2. The molecule has 0 saturated carbocycles. The molecule has 5 heteroatoms. The Morgan fingerprint density at radius 1 is 1.35 bits per heavy atom. The number of thiocarbonyl (C=S) groups is 1. The van der Waals surface area contributed by atoms with Crippen LogP contribution in [0.1, 0.15) is 24.9 Å². The maximum Gasteiger partial charge on any atom is 0.119 e. The highest BCUT2D eigenvalue weighted by molar-refractivity contribution is 7.80. The molecule has 3 N–H and O–H groups in total. The van der Waals surface area contributed by atoms with Crippen LogP contribution in [0.3, 0.4) is 0 Å². The molecule has 0 spiro atoms. The molecular formula is C15H23N3OS. The van der Waals surface area contributed by atoms with Gasteiger partial charge in [0.1, 0.15) is 5.75 Å². The molecule has 110 valence electrons. The predicted molar refractivity (Wildman–Crippen MR) is 86.2 cm³/mol. The van der Waals surface area contributed by atoms with E-state index in [4.69, 9.17) is 22.7 Å². The number of piperazine rings is 1. The lowest BCUT2D eigenvalue weighted by atomic mass is 10.0. The van der Waals surface area contributed by atoms with Gasteiger partial charge in [0.15, 0.2) is 0 Å². The number of hydrogen-bond acceptors (Lipinski definition) is 4. The van der Waals surface area contributed by atoms with E-state index in [0.717, 1.165) is 50.5 Å². The molecule has 1 heterocycles. The van der Waals surface area contributed by atoms with E-state index < -0.39 is 0 Å². The largest absolute Gasteiger partial charge is 0.494 e. The number of ether oxygens (including phenoxy) is 1. The molecule has 1 aromatic rings. The quantitative estimate of drug-likeness (QED) is 0.782. The standard InChI is InChI=1S/C15H23N3OS/c1-2-11-19-13-5-3-12(4-6-13)14(15(16)20)18-9-7-17-8-10-18/h3-6,14,17H,2,7-11H2,1H3,(H2,16,20). The zero-order valence-electron chi connectivity index (χ0n) is 12.0. The molecular weight excluding hydrogens is 270 g/mol. The van der Waals surface area contributed by atoms with Crippen LogP contribution in [-0.4, -0.2) is 42.7 Å². The van der Waals surface area contributed by atoms with Crippen molar-refractivity contribution in [3.8, 4) is 5.75 Å². The second kappa shape index (κ2) is 7.57. The van der Waals surface area contributed by atoms with Crippen LogP contribution >= 0.6 is 12.2 Å². The van der Waals surface area contributed by atoms with E-state index in [1.807, 2.05) is 12.1 Å². The van der Waals surface area contributed by atoms with Gasteiger partial charge in [0.05, 0.1) is 17.6 Å². The second-order valence-corrected chi connectivity index (χ2v) is 5.48. The zero-order chi connectivity index (χ0) is 14.4. The lowest BCUT2D eigenvalue weighted by Crippen LogP contribution is -2.48. The van der Waals surface area contributed by atoms with Crippen LogP contribution in [-0.2, 0) is 0 Å². The summed E-state index contributed by atoms with van der Waals surface area (Å²) in [6, 6.07) is 8.15. The summed E-state index contributed by atoms with van der Waals surface area (Å²) in [5.74, 6) is 0.901. The van der Waals surface area contributed by atoms with Crippen molar-refractivity contribution in [3.63, 3.8) is 0 Å². The molecule has 0 amide bonds. The summed E-state index contributed by atoms with van der Waals surface area (Å²) in [7, 11) is 0. The molecule has 0 aliphatic carbocycles. The molecule has 20 heavy (non-hydrogen) atoms. The van der Waals surface area contributed by atoms with E-state index in [0.29, 0.717) is 4.99 Å². The van der Waals surface area contributed by atoms with Crippen molar-refractivity contribution in [1.82, 2.24) is 10.2 Å². The molecule has 1 atom stereocenters. The first-order valence-electron chi connectivity index (χ1n) is 7.19. The number of hydrogen-bond donors (Lipinski definition) is 2. The summed E-state index contributed by atoms with van der Waals surface area (Å²) in [5, 5.41) is 3.35. The monoisotopic (exact) mass is 293 g/mol. The van der Waals surface area contributed by atoms with Crippen molar-refractivity contribution in [2.75, 3.05) is 32.8 Å². The Hall–Kier alpha value is -1.17. The fourth-order valence-electron chi connectivity index (χ4n) is 2.46. The van der Waals surface area contributed by atoms with Crippen molar-refractivity contribution >= 4 is 17.2 Å². The van der Waals surface area contributed by atoms with Gasteiger partial charge in [-0.2, -0.15) is 0 Å². The van der Waals surface area contributed by atoms with Gasteiger partial charge in [-0.1, -0.05) is 31.3 Å². The predicted octanol–water partition coefficient (Wildman–Crippen LogP) is 1.71. The summed E-state index contributed by atoms with van der Waals surface area (Å²) in [5.41, 5.74) is 7.10. The Morgan fingerprint density at radius 2 is 2.00 bits per heavy atom. The first-order chi connectivity index (χ1) is 9.72. The van der Waals surface area contributed by atoms with Crippen LogP contribution in [0.25, 0.3) is 0 Å². The fourth-order valence-corrected chi connectivity index (χ4v) is 2.75. The number of nitrogens with zero attached hydrogens (tertiary/aromatic N) is 1. The molecule has 1 unspecified atom stereocenters. The number of rotatable bonds is 6. The highest BCUT2D eigenvalue weighted by Gasteiger charge is 2.24. The first-order valence-corrected chi connectivity index (χ1v) is 7.60. The van der Waals surface area contributed by atoms with E-state index in [1.54, 1.807) is 0 Å². The lowest BCUT2D eigenvalue weighted by molar-refractivity contribution is 0.215. The Kier molecular flexibility index (Phi) is 5.76. The van der Waals surface area contributed by atoms with Gasteiger partial charge in [0.25, 0.3) is 0 Å². The Morgan fingerprint density at radius 3 is 2.55 bits per heavy atom. The van der Waals surface area contributed by atoms with Gasteiger partial charge in [-0.15, -0.1) is 0 Å². The molecule has 1 aromatic carbocycles. The normalized spacial score (nSPS) is 17.6. The van der Waals surface area contributed by atoms with Gasteiger partial charge in [0, 0.05) is 26.2 Å². The summed E-state index contributed by atoms with van der Waals surface area (Å²) in [4.78, 5) is 2.87. The molecule has 0 bridgehead atoms. The Labute approximate surface area is 126 Å². The second-order valence-electron chi connectivity index (χ2n) is 5.01. The van der Waals surface area contributed by atoms with Crippen LogP contribution in [0.5, 0.6) is 5.75 Å². The smallest absolute Gasteiger partial charge is 0.119 e. The average molecular weight is 293 g/mol. The zero-order valence-corrected chi connectivity index (χ0v) is 12.8. The fraction of sp³-hybridized carbons (Fsp3) is 0.533. The van der Waals surface area contributed by atoms with Gasteiger partial charge in [-0.25, -0.2) is 0 Å². The lowest BCUT2D eigenvalue weighted by Gasteiger charge is -2.34. The Bertz CT molecular complexity index is 429. The van der Waals surface area contributed by atoms with Crippen LogP contribution in [0.4, 0.5) is 0 Å². The van der Waals surface area contributed by atoms with Crippen molar-refractivity contribution in [2.24, 2.45) is 5.73 Å². The third-order valence-electron chi connectivity index (χ3n) is 3.45. The Balaban J connectivity index is 2.10. The highest BCUT2D eigenvalue weighted by Crippen LogP contribution is 2.24. The van der Waals surface area contributed by atoms with Crippen molar-refractivity contribution in [1.29, 1.82) is 0 Å². The van der Waals surface area contributed by atoms with Crippen molar-refractivity contribution in [3.05, 3.63) is 29.8 Å². The minimum atomic E-state index is 0.0207. The number of benzene rings is 1. The minimum Gasteiger partial charge on any atom is -0.494 e. The summed E-state index contributed by atoms with van der Waals surface area (Å²) >= 11 is 5.27. The van der Waals surface area contributed by atoms with Gasteiger partial charge in [-0.05, 0) is 24.1 Å². The summed E-state index contributed by atoms with van der Waals surface area (Å²) in [6.07, 6.45) is 1.01. The average Bonchev–Trinajstić information content (AvgIpc) is 2.47. The molecule has 0 aromatic heterocycles.